The van der Waals surface area contributed by atoms with E-state index in [1.54, 1.807) is 40.8 Å². The fraction of sp³-hybridized carbons (Fsp3) is 0.564. The van der Waals surface area contributed by atoms with Crippen LogP contribution in [0.25, 0.3) is 0 Å². The number of carbonyl (C=O) groups is 4. The van der Waals surface area contributed by atoms with Gasteiger partial charge in [-0.3, -0.25) is 19.2 Å². The van der Waals surface area contributed by atoms with Gasteiger partial charge in [0.25, 0.3) is 0 Å². The van der Waals surface area contributed by atoms with Gasteiger partial charge in [-0.15, -0.1) is 11.8 Å². The van der Waals surface area contributed by atoms with Gasteiger partial charge in [0, 0.05) is 18.4 Å². The Kier molecular flexibility index (Phi) is 13.8. The SMILES string of the molecule is CCC[C@@H](CC[C@H](Cc1ccc(F)cc1)C(=O)N[C@H]1CCS[C@H]2CCC[C@@H](C#N)N2C1=O)C(=O)N[C@H]1CCCCN(c2ccccc2OC)C1=O. The van der Waals surface area contributed by atoms with E-state index in [0.29, 0.717) is 68.7 Å². The van der Waals surface area contributed by atoms with E-state index in [4.69, 9.17) is 4.74 Å². The van der Waals surface area contributed by atoms with Crippen LogP contribution in [0.15, 0.2) is 48.5 Å². The number of fused-ring (bicyclic) bond motifs is 1. The number of nitrogens with zero attached hydrogens (tertiary/aromatic N) is 3. The lowest BCUT2D eigenvalue weighted by molar-refractivity contribution is -0.140. The van der Waals surface area contributed by atoms with Gasteiger partial charge in [0.15, 0.2) is 0 Å². The second-order valence-corrected chi connectivity index (χ2v) is 15.1. The maximum atomic E-state index is 14.0. The molecule has 2 N–H and O–H groups in total. The van der Waals surface area contributed by atoms with E-state index >= 15 is 0 Å². The largest absolute Gasteiger partial charge is 0.495 e. The number of amides is 4. The van der Waals surface area contributed by atoms with Crippen molar-refractivity contribution in [3.63, 3.8) is 0 Å². The first-order valence-corrected chi connectivity index (χ1v) is 19.4. The lowest BCUT2D eigenvalue weighted by Crippen LogP contribution is -2.55. The summed E-state index contributed by atoms with van der Waals surface area (Å²) in [7, 11) is 1.57. The first-order valence-electron chi connectivity index (χ1n) is 18.4. The van der Waals surface area contributed by atoms with E-state index in [1.165, 1.54) is 12.1 Å². The van der Waals surface area contributed by atoms with Gasteiger partial charge in [-0.1, -0.05) is 37.6 Å². The van der Waals surface area contributed by atoms with E-state index in [1.807, 2.05) is 31.2 Å². The first-order chi connectivity index (χ1) is 24.7. The number of ether oxygens (including phenoxy) is 1. The fourth-order valence-corrected chi connectivity index (χ4v) is 8.93. The minimum Gasteiger partial charge on any atom is -0.495 e. The molecule has 0 bridgehead atoms. The summed E-state index contributed by atoms with van der Waals surface area (Å²) in [6.45, 7) is 2.53. The third kappa shape index (κ3) is 9.61. The number of hydrogen-bond donors (Lipinski definition) is 2. The third-order valence-electron chi connectivity index (χ3n) is 10.3. The minimum absolute atomic E-state index is 0.0664. The molecule has 3 aliphatic rings. The van der Waals surface area contributed by atoms with Crippen molar-refractivity contribution in [2.45, 2.75) is 107 Å². The number of benzene rings is 2. The summed E-state index contributed by atoms with van der Waals surface area (Å²) in [6.07, 6.45) is 7.30. The normalized spacial score (nSPS) is 23.6. The molecule has 3 fully saturated rings. The smallest absolute Gasteiger partial charge is 0.249 e. The van der Waals surface area contributed by atoms with Crippen molar-refractivity contribution in [1.29, 1.82) is 5.26 Å². The molecule has 10 nitrogen and oxygen atoms in total. The Morgan fingerprint density at radius 2 is 1.63 bits per heavy atom. The second-order valence-electron chi connectivity index (χ2n) is 13.8. The Morgan fingerprint density at radius 1 is 0.922 bits per heavy atom. The van der Waals surface area contributed by atoms with Gasteiger partial charge in [-0.25, -0.2) is 4.39 Å². The van der Waals surface area contributed by atoms with Gasteiger partial charge in [0.2, 0.25) is 23.6 Å². The highest BCUT2D eigenvalue weighted by Gasteiger charge is 2.41. The van der Waals surface area contributed by atoms with Crippen LogP contribution in [-0.2, 0) is 25.6 Å². The molecule has 274 valence electrons. The van der Waals surface area contributed by atoms with Gasteiger partial charge in [-0.2, -0.15) is 5.26 Å². The maximum absolute atomic E-state index is 14.0. The molecule has 3 aliphatic heterocycles. The Labute approximate surface area is 304 Å². The first kappa shape index (κ1) is 38.1. The van der Waals surface area contributed by atoms with Crippen LogP contribution in [0.5, 0.6) is 5.75 Å². The van der Waals surface area contributed by atoms with Crippen LogP contribution >= 0.6 is 11.8 Å². The van der Waals surface area contributed by atoms with E-state index < -0.39 is 30.0 Å². The lowest BCUT2D eigenvalue weighted by Gasteiger charge is -2.38. The molecule has 3 saturated heterocycles. The van der Waals surface area contributed by atoms with E-state index in [0.717, 1.165) is 37.7 Å². The quantitative estimate of drug-likeness (QED) is 0.270. The Hall–Kier alpha value is -4.11. The van der Waals surface area contributed by atoms with Gasteiger partial charge in [-0.05, 0) is 106 Å². The van der Waals surface area contributed by atoms with Crippen molar-refractivity contribution >= 4 is 41.1 Å². The van der Waals surface area contributed by atoms with E-state index in [2.05, 4.69) is 16.7 Å². The number of nitriles is 1. The third-order valence-corrected chi connectivity index (χ3v) is 11.6. The summed E-state index contributed by atoms with van der Waals surface area (Å²) in [5, 5.41) is 15.8. The van der Waals surface area contributed by atoms with Gasteiger partial charge < -0.3 is 25.2 Å². The topological polar surface area (TPSA) is 132 Å². The molecular weight excluding hydrogens is 670 g/mol. The van der Waals surface area contributed by atoms with E-state index in [-0.39, 0.29) is 34.8 Å². The predicted octanol–water partition coefficient (Wildman–Crippen LogP) is 5.74. The molecule has 0 aliphatic carbocycles. The monoisotopic (exact) mass is 719 g/mol. The van der Waals surface area contributed by atoms with Crippen molar-refractivity contribution in [3.8, 4) is 11.8 Å². The zero-order valence-electron chi connectivity index (χ0n) is 29.7. The number of rotatable bonds is 13. The minimum atomic E-state index is -0.748. The molecule has 4 amide bonds. The number of piperidine rings is 1. The van der Waals surface area contributed by atoms with Crippen molar-refractivity contribution in [3.05, 3.63) is 59.9 Å². The molecule has 0 aromatic heterocycles. The second kappa shape index (κ2) is 18.4. The number of halogens is 1. The molecular formula is C39H50FN5O5S. The fourth-order valence-electron chi connectivity index (χ4n) is 7.54. The summed E-state index contributed by atoms with van der Waals surface area (Å²) in [4.78, 5) is 58.8. The van der Waals surface area contributed by atoms with Crippen molar-refractivity contribution in [2.75, 3.05) is 24.3 Å². The molecule has 51 heavy (non-hydrogen) atoms. The molecule has 2 aromatic rings. The summed E-state index contributed by atoms with van der Waals surface area (Å²) in [6, 6.07) is 13.7. The van der Waals surface area contributed by atoms with Gasteiger partial charge in [0.1, 0.15) is 29.7 Å². The van der Waals surface area contributed by atoms with Crippen LogP contribution in [0.3, 0.4) is 0 Å². The molecule has 0 spiro atoms. The average molecular weight is 720 g/mol. The van der Waals surface area contributed by atoms with Crippen LogP contribution in [0, 0.1) is 29.0 Å². The van der Waals surface area contributed by atoms with Crippen molar-refractivity contribution < 1.29 is 28.3 Å². The highest BCUT2D eigenvalue weighted by Crippen LogP contribution is 2.35. The Morgan fingerprint density at radius 3 is 2.35 bits per heavy atom. The number of para-hydroxylation sites is 2. The van der Waals surface area contributed by atoms with Crippen LogP contribution in [-0.4, -0.2) is 71.4 Å². The molecule has 0 radical (unpaired) electrons. The van der Waals surface area contributed by atoms with Crippen LogP contribution in [0.2, 0.25) is 0 Å². The lowest BCUT2D eigenvalue weighted by atomic mass is 9.87. The number of carbonyl (C=O) groups excluding carboxylic acids is 4. The number of nitrogens with one attached hydrogen (secondary N) is 2. The maximum Gasteiger partial charge on any atom is 0.249 e. The molecule has 2 aromatic carbocycles. The number of anilines is 1. The molecule has 0 saturated carbocycles. The van der Waals surface area contributed by atoms with Crippen molar-refractivity contribution in [2.24, 2.45) is 11.8 Å². The molecule has 5 rings (SSSR count). The average Bonchev–Trinajstić information content (AvgIpc) is 3.42. The van der Waals surface area contributed by atoms with Gasteiger partial charge >= 0.3 is 0 Å². The van der Waals surface area contributed by atoms with Crippen LogP contribution < -0.4 is 20.3 Å². The van der Waals surface area contributed by atoms with Gasteiger partial charge in [0.05, 0.1) is 24.2 Å². The van der Waals surface area contributed by atoms with E-state index in [9.17, 15) is 28.8 Å². The van der Waals surface area contributed by atoms with Crippen LogP contribution in [0.1, 0.15) is 83.1 Å². The highest BCUT2D eigenvalue weighted by molar-refractivity contribution is 7.99. The zero-order chi connectivity index (χ0) is 36.3. The summed E-state index contributed by atoms with van der Waals surface area (Å²) < 4.78 is 19.3. The molecule has 12 heteroatoms. The van der Waals surface area contributed by atoms with Crippen LogP contribution in [0.4, 0.5) is 10.1 Å². The Bertz CT molecular complexity index is 1570. The molecule has 3 heterocycles. The number of methoxy groups -OCH3 is 1. The Balaban J connectivity index is 1.29. The zero-order valence-corrected chi connectivity index (χ0v) is 30.5. The standard InChI is InChI=1S/C39H50FN5O5S/c1-3-9-27(36(46)42-31-11-6-7-22-44(38(31)48)33-12-4-5-13-34(33)50-2)17-18-28(24-26-15-19-29(40)20-16-26)37(47)43-32-21-23-51-35-14-8-10-30(25-41)45(35)39(32)49/h4-5,12-13,15-16,19-20,27-28,30-32,35H,3,6-11,14,17-18,21-24H2,1-2H3,(H,42,46)(H,43,47)/t27-,28+,30-,31-,32-,35-/m0/s1. The highest BCUT2D eigenvalue weighted by atomic mass is 32.2. The summed E-state index contributed by atoms with van der Waals surface area (Å²) in [5.74, 6) is -1.02. The summed E-state index contributed by atoms with van der Waals surface area (Å²) >= 11 is 1.66. The number of hydrogen-bond acceptors (Lipinski definition) is 7. The summed E-state index contributed by atoms with van der Waals surface area (Å²) in [5.41, 5.74) is 1.45. The number of thioether (sulfide) groups is 1. The van der Waals surface area contributed by atoms with Crippen molar-refractivity contribution in [1.82, 2.24) is 15.5 Å². The molecule has 0 unspecified atom stereocenters. The predicted molar refractivity (Wildman–Crippen MR) is 195 cm³/mol. The molecule has 6 atom stereocenters.